The number of nitrogens with zero attached hydrogens (tertiary/aromatic N) is 4. The molecule has 0 saturated heterocycles. The molecule has 2 aromatic carbocycles. The summed E-state index contributed by atoms with van der Waals surface area (Å²) < 4.78 is 7.52. The van der Waals surface area contributed by atoms with Gasteiger partial charge in [0, 0.05) is 41.5 Å². The van der Waals surface area contributed by atoms with Gasteiger partial charge in [0.1, 0.15) is 12.4 Å². The van der Waals surface area contributed by atoms with E-state index in [1.807, 2.05) is 37.4 Å². The van der Waals surface area contributed by atoms with Crippen molar-refractivity contribution in [3.05, 3.63) is 63.6 Å². The van der Waals surface area contributed by atoms with Gasteiger partial charge in [-0.25, -0.2) is 4.68 Å². The highest BCUT2D eigenvalue weighted by molar-refractivity contribution is 7.99. The molecule has 0 radical (unpaired) electrons. The maximum Gasteiger partial charge on any atom is 0.209 e. The molecule has 3 aromatic rings. The van der Waals surface area contributed by atoms with Gasteiger partial charge in [0.25, 0.3) is 0 Å². The molecule has 1 N–H and O–H groups in total. The van der Waals surface area contributed by atoms with E-state index in [2.05, 4.69) is 26.9 Å². The topological polar surface area (TPSA) is 64.9 Å². The Balaban J connectivity index is 1.43. The first kappa shape index (κ1) is 19.9. The number of halogens is 2. The van der Waals surface area contributed by atoms with Crippen LogP contribution in [0.25, 0.3) is 0 Å². The average Bonchev–Trinajstić information content (AvgIpc) is 3.06. The Labute approximate surface area is 172 Å². The Kier molecular flexibility index (Phi) is 7.34. The zero-order valence-corrected chi connectivity index (χ0v) is 17.1. The van der Waals surface area contributed by atoms with Crippen LogP contribution in [0.15, 0.2) is 47.6 Å². The number of nitrogens with one attached hydrogen (secondary N) is 1. The van der Waals surface area contributed by atoms with Crippen LogP contribution in [0.3, 0.4) is 0 Å². The fraction of sp³-hybridized carbons (Fsp3) is 0.278. The molecule has 142 valence electrons. The standard InChI is InChI=1S/C18H19Cl2N5OS/c1-25-18(22-23-24-25)27-8-7-21-11-13-3-2-4-16(9-13)26-12-14-5-6-15(19)10-17(14)20/h2-6,9-10,21H,7-8,11-12H2,1H3. The Morgan fingerprint density at radius 2 is 2.07 bits per heavy atom. The van der Waals surface area contributed by atoms with Crippen molar-refractivity contribution >= 4 is 35.0 Å². The second kappa shape index (κ2) is 9.94. The van der Waals surface area contributed by atoms with E-state index in [-0.39, 0.29) is 0 Å². The summed E-state index contributed by atoms with van der Waals surface area (Å²) in [5.41, 5.74) is 2.06. The van der Waals surface area contributed by atoms with Gasteiger partial charge in [-0.3, -0.25) is 0 Å². The van der Waals surface area contributed by atoms with Crippen molar-refractivity contribution in [2.45, 2.75) is 18.3 Å². The molecule has 6 nitrogen and oxygen atoms in total. The molecule has 1 aromatic heterocycles. The van der Waals surface area contributed by atoms with Gasteiger partial charge in [-0.05, 0) is 40.3 Å². The summed E-state index contributed by atoms with van der Waals surface area (Å²) in [7, 11) is 1.83. The molecule has 0 amide bonds. The molecule has 0 aliphatic carbocycles. The summed E-state index contributed by atoms with van der Waals surface area (Å²) in [5, 5.41) is 16.8. The fourth-order valence-corrected chi connectivity index (χ4v) is 3.55. The van der Waals surface area contributed by atoms with E-state index < -0.39 is 0 Å². The van der Waals surface area contributed by atoms with Crippen LogP contribution < -0.4 is 10.1 Å². The Morgan fingerprint density at radius 1 is 1.19 bits per heavy atom. The molecule has 0 fully saturated rings. The van der Waals surface area contributed by atoms with E-state index in [1.54, 1.807) is 22.5 Å². The number of benzene rings is 2. The van der Waals surface area contributed by atoms with Gasteiger partial charge in [0.15, 0.2) is 0 Å². The number of aromatic nitrogens is 4. The molecule has 27 heavy (non-hydrogen) atoms. The second-order valence-corrected chi connectivity index (χ2v) is 7.69. The van der Waals surface area contributed by atoms with Crippen LogP contribution in [0, 0.1) is 0 Å². The van der Waals surface area contributed by atoms with Crippen LogP contribution in [0.4, 0.5) is 0 Å². The Hall–Kier alpha value is -1.80. The van der Waals surface area contributed by atoms with Gasteiger partial charge in [0.05, 0.1) is 0 Å². The lowest BCUT2D eigenvalue weighted by Gasteiger charge is -2.10. The van der Waals surface area contributed by atoms with Gasteiger partial charge in [-0.15, -0.1) is 5.10 Å². The molecule has 0 aliphatic heterocycles. The summed E-state index contributed by atoms with van der Waals surface area (Å²) in [6, 6.07) is 13.4. The van der Waals surface area contributed by atoms with Crippen LogP contribution >= 0.6 is 35.0 Å². The number of tetrazole rings is 1. The SMILES string of the molecule is Cn1nnnc1SCCNCc1cccc(OCc2ccc(Cl)cc2Cl)c1. The van der Waals surface area contributed by atoms with Crippen LogP contribution in [0.1, 0.15) is 11.1 Å². The molecule has 1 heterocycles. The van der Waals surface area contributed by atoms with E-state index >= 15 is 0 Å². The van der Waals surface area contributed by atoms with Crippen molar-refractivity contribution in [2.75, 3.05) is 12.3 Å². The van der Waals surface area contributed by atoms with Gasteiger partial charge < -0.3 is 10.1 Å². The van der Waals surface area contributed by atoms with Crippen molar-refractivity contribution in [3.63, 3.8) is 0 Å². The largest absolute Gasteiger partial charge is 0.489 e. The van der Waals surface area contributed by atoms with Crippen molar-refractivity contribution in [3.8, 4) is 5.75 Å². The molecular weight excluding hydrogens is 405 g/mol. The summed E-state index contributed by atoms with van der Waals surface area (Å²) in [6.07, 6.45) is 0. The quantitative estimate of drug-likeness (QED) is 0.414. The number of hydrogen-bond acceptors (Lipinski definition) is 6. The van der Waals surface area contributed by atoms with Gasteiger partial charge >= 0.3 is 0 Å². The fourth-order valence-electron chi connectivity index (χ4n) is 2.34. The summed E-state index contributed by atoms with van der Waals surface area (Å²) >= 11 is 13.7. The summed E-state index contributed by atoms with van der Waals surface area (Å²) in [4.78, 5) is 0. The highest BCUT2D eigenvalue weighted by Gasteiger charge is 2.04. The lowest BCUT2D eigenvalue weighted by Crippen LogP contribution is -2.16. The van der Waals surface area contributed by atoms with E-state index in [1.165, 1.54) is 0 Å². The van der Waals surface area contributed by atoms with Crippen molar-refractivity contribution in [2.24, 2.45) is 7.05 Å². The third kappa shape index (κ3) is 6.10. The second-order valence-electron chi connectivity index (χ2n) is 5.78. The van der Waals surface area contributed by atoms with Crippen LogP contribution in [0.5, 0.6) is 5.75 Å². The highest BCUT2D eigenvalue weighted by atomic mass is 35.5. The number of thioether (sulfide) groups is 1. The van der Waals surface area contributed by atoms with Gasteiger partial charge in [0.2, 0.25) is 5.16 Å². The van der Waals surface area contributed by atoms with Crippen molar-refractivity contribution in [1.29, 1.82) is 0 Å². The van der Waals surface area contributed by atoms with Gasteiger partial charge in [-0.1, -0.05) is 53.2 Å². The van der Waals surface area contributed by atoms with E-state index in [9.17, 15) is 0 Å². The predicted molar refractivity (Wildman–Crippen MR) is 108 cm³/mol. The van der Waals surface area contributed by atoms with E-state index in [4.69, 9.17) is 27.9 Å². The molecule has 0 saturated carbocycles. The molecule has 9 heteroatoms. The minimum absolute atomic E-state index is 0.398. The van der Waals surface area contributed by atoms with E-state index in [0.717, 1.165) is 40.9 Å². The molecule has 0 unspecified atom stereocenters. The number of aryl methyl sites for hydroxylation is 1. The number of hydrogen-bond donors (Lipinski definition) is 1. The van der Waals surface area contributed by atoms with Crippen LogP contribution in [-0.4, -0.2) is 32.5 Å². The Bertz CT molecular complexity index is 890. The first-order chi connectivity index (χ1) is 13.1. The normalized spacial score (nSPS) is 10.9. The summed E-state index contributed by atoms with van der Waals surface area (Å²) in [5.74, 6) is 1.69. The first-order valence-electron chi connectivity index (χ1n) is 8.33. The predicted octanol–water partition coefficient (Wildman–Crippen LogP) is 3.98. The zero-order chi connectivity index (χ0) is 19.1. The monoisotopic (exact) mass is 423 g/mol. The molecule has 0 spiro atoms. The Morgan fingerprint density at radius 3 is 2.85 bits per heavy atom. The highest BCUT2D eigenvalue weighted by Crippen LogP contribution is 2.23. The molecule has 3 rings (SSSR count). The van der Waals surface area contributed by atoms with Crippen LogP contribution in [-0.2, 0) is 20.2 Å². The third-order valence-electron chi connectivity index (χ3n) is 3.73. The summed E-state index contributed by atoms with van der Waals surface area (Å²) in [6.45, 7) is 2.01. The maximum absolute atomic E-state index is 6.18. The van der Waals surface area contributed by atoms with Gasteiger partial charge in [-0.2, -0.15) is 0 Å². The van der Waals surface area contributed by atoms with Crippen LogP contribution in [0.2, 0.25) is 10.0 Å². The lowest BCUT2D eigenvalue weighted by molar-refractivity contribution is 0.306. The number of ether oxygens (including phenoxy) is 1. The van der Waals surface area contributed by atoms with Crippen molar-refractivity contribution in [1.82, 2.24) is 25.5 Å². The molecule has 0 bridgehead atoms. The zero-order valence-electron chi connectivity index (χ0n) is 14.7. The molecule has 0 aliphatic rings. The minimum atomic E-state index is 0.398. The molecule has 0 atom stereocenters. The third-order valence-corrected chi connectivity index (χ3v) is 5.33. The van der Waals surface area contributed by atoms with E-state index in [0.29, 0.717) is 16.7 Å². The number of rotatable bonds is 9. The van der Waals surface area contributed by atoms with Crippen molar-refractivity contribution < 1.29 is 4.74 Å². The lowest BCUT2D eigenvalue weighted by atomic mass is 10.2. The maximum atomic E-state index is 6.18. The first-order valence-corrected chi connectivity index (χ1v) is 10.1. The minimum Gasteiger partial charge on any atom is -0.489 e. The average molecular weight is 424 g/mol. The molecular formula is C18H19Cl2N5OS. The smallest absolute Gasteiger partial charge is 0.209 e.